The summed E-state index contributed by atoms with van der Waals surface area (Å²) in [5, 5.41) is 0. The third kappa shape index (κ3) is 2.81. The van der Waals surface area contributed by atoms with Gasteiger partial charge in [0.25, 0.3) is 0 Å². The molecule has 9 heavy (non-hydrogen) atoms. The average Bonchev–Trinajstić information content (AvgIpc) is 1.82. The molecule has 0 radical (unpaired) electrons. The van der Waals surface area contributed by atoms with Crippen LogP contribution in [0.5, 0.6) is 0 Å². The van der Waals surface area contributed by atoms with Crippen LogP contribution in [0.1, 0.15) is 6.42 Å². The molecule has 1 amide bonds. The molecule has 2 N–H and O–H groups in total. The van der Waals surface area contributed by atoms with Gasteiger partial charge in [0, 0.05) is 13.5 Å². The van der Waals surface area contributed by atoms with E-state index in [1.165, 1.54) is 7.11 Å². The molecule has 0 heterocycles. The number of nitrogens with two attached hydrogens (primary N) is 1. The molecule has 0 aliphatic rings. The van der Waals surface area contributed by atoms with Crippen LogP contribution < -0.4 is 5.73 Å². The van der Waals surface area contributed by atoms with Gasteiger partial charge in [0.2, 0.25) is 5.91 Å². The first kappa shape index (κ1) is 8.10. The first-order valence-electron chi connectivity index (χ1n) is 2.48. The van der Waals surface area contributed by atoms with Crippen LogP contribution in [0.2, 0.25) is 0 Å². The molecule has 0 aromatic rings. The highest BCUT2D eigenvalue weighted by Gasteiger charge is 2.11. The van der Waals surface area contributed by atoms with E-state index in [4.69, 9.17) is 5.73 Å². The van der Waals surface area contributed by atoms with Crippen molar-refractivity contribution in [1.29, 1.82) is 0 Å². The standard InChI is InChI=1S/C5H9NO3/c1-9-4(2-3-7)5(6)8/h3-4H,2H2,1H3,(H2,6,8). The molecule has 0 aromatic heterocycles. The SMILES string of the molecule is COC(CC=O)C(N)=O. The third-order valence-electron chi connectivity index (χ3n) is 0.912. The summed E-state index contributed by atoms with van der Waals surface area (Å²) in [6.07, 6.45) is -0.132. The molecule has 4 heteroatoms. The molecule has 0 rings (SSSR count). The maximum Gasteiger partial charge on any atom is 0.246 e. The molecule has 0 aromatic carbocycles. The Hall–Kier alpha value is -0.900. The zero-order chi connectivity index (χ0) is 7.28. The van der Waals surface area contributed by atoms with Crippen molar-refractivity contribution in [2.75, 3.05) is 7.11 Å². The number of carbonyl (C=O) groups is 2. The van der Waals surface area contributed by atoms with Gasteiger partial charge in [0.1, 0.15) is 12.4 Å². The number of amides is 1. The van der Waals surface area contributed by atoms with E-state index in [2.05, 4.69) is 4.74 Å². The monoisotopic (exact) mass is 131 g/mol. The second kappa shape index (κ2) is 4.03. The van der Waals surface area contributed by atoms with Crippen LogP contribution in [0.25, 0.3) is 0 Å². The molecule has 4 nitrogen and oxygen atoms in total. The van der Waals surface area contributed by atoms with Gasteiger partial charge in [0.05, 0.1) is 0 Å². The minimum absolute atomic E-state index is 0.0336. The number of primary amides is 1. The summed E-state index contributed by atoms with van der Waals surface area (Å²) >= 11 is 0. The lowest BCUT2D eigenvalue weighted by molar-refractivity contribution is -0.130. The Labute approximate surface area is 53.0 Å². The highest BCUT2D eigenvalue weighted by molar-refractivity contribution is 5.81. The van der Waals surface area contributed by atoms with E-state index in [9.17, 15) is 9.59 Å². The highest BCUT2D eigenvalue weighted by atomic mass is 16.5. The molecule has 1 unspecified atom stereocenters. The Morgan fingerprint density at radius 2 is 2.44 bits per heavy atom. The zero-order valence-corrected chi connectivity index (χ0v) is 5.16. The molecule has 0 fully saturated rings. The summed E-state index contributed by atoms with van der Waals surface area (Å²) < 4.78 is 4.55. The van der Waals surface area contributed by atoms with Crippen molar-refractivity contribution in [1.82, 2.24) is 0 Å². The number of methoxy groups -OCH3 is 1. The van der Waals surface area contributed by atoms with Crippen molar-refractivity contribution in [2.45, 2.75) is 12.5 Å². The maximum absolute atomic E-state index is 10.3. The normalized spacial score (nSPS) is 12.6. The molecule has 0 spiro atoms. The fourth-order valence-electron chi connectivity index (χ4n) is 0.416. The Morgan fingerprint density at radius 1 is 1.89 bits per heavy atom. The van der Waals surface area contributed by atoms with Gasteiger partial charge in [-0.1, -0.05) is 0 Å². The second-order valence-electron chi connectivity index (χ2n) is 1.53. The number of aldehydes is 1. The van der Waals surface area contributed by atoms with Crippen molar-refractivity contribution in [3.63, 3.8) is 0 Å². The molecular weight excluding hydrogens is 122 g/mol. The lowest BCUT2D eigenvalue weighted by Gasteiger charge is -2.04. The minimum Gasteiger partial charge on any atom is -0.371 e. The van der Waals surface area contributed by atoms with Gasteiger partial charge in [-0.2, -0.15) is 0 Å². The van der Waals surface area contributed by atoms with Crippen LogP contribution >= 0.6 is 0 Å². The smallest absolute Gasteiger partial charge is 0.246 e. The average molecular weight is 131 g/mol. The van der Waals surface area contributed by atoms with Gasteiger partial charge in [0.15, 0.2) is 0 Å². The Balaban J connectivity index is 3.67. The quantitative estimate of drug-likeness (QED) is 0.501. The fraction of sp³-hybridized carbons (Fsp3) is 0.600. The number of carbonyl (C=O) groups excluding carboxylic acids is 2. The minimum atomic E-state index is -0.762. The van der Waals surface area contributed by atoms with Crippen LogP contribution in [0.4, 0.5) is 0 Å². The van der Waals surface area contributed by atoms with Crippen LogP contribution in [0, 0.1) is 0 Å². The molecular formula is C5H9NO3. The number of hydrogen-bond acceptors (Lipinski definition) is 3. The number of ether oxygens (including phenoxy) is 1. The van der Waals surface area contributed by atoms with E-state index in [-0.39, 0.29) is 6.42 Å². The summed E-state index contributed by atoms with van der Waals surface area (Å²) in [5.74, 6) is -0.607. The Morgan fingerprint density at radius 3 is 2.56 bits per heavy atom. The Kier molecular flexibility index (Phi) is 3.62. The summed E-state index contributed by atoms with van der Waals surface area (Å²) in [6, 6.07) is 0. The first-order valence-corrected chi connectivity index (χ1v) is 2.48. The van der Waals surface area contributed by atoms with Gasteiger partial charge in [-0.15, -0.1) is 0 Å². The topological polar surface area (TPSA) is 69.4 Å². The van der Waals surface area contributed by atoms with Crippen LogP contribution in [-0.2, 0) is 14.3 Å². The van der Waals surface area contributed by atoms with E-state index >= 15 is 0 Å². The van der Waals surface area contributed by atoms with E-state index in [0.717, 1.165) is 0 Å². The van der Waals surface area contributed by atoms with E-state index < -0.39 is 12.0 Å². The van der Waals surface area contributed by atoms with Crippen molar-refractivity contribution in [3.05, 3.63) is 0 Å². The molecule has 0 aliphatic heterocycles. The van der Waals surface area contributed by atoms with Gasteiger partial charge in [-0.05, 0) is 0 Å². The first-order chi connectivity index (χ1) is 4.22. The molecule has 0 saturated heterocycles. The van der Waals surface area contributed by atoms with E-state index in [1.54, 1.807) is 0 Å². The summed E-state index contributed by atoms with van der Waals surface area (Å²) in [7, 11) is 1.33. The van der Waals surface area contributed by atoms with Crippen LogP contribution in [0.3, 0.4) is 0 Å². The lowest BCUT2D eigenvalue weighted by atomic mass is 10.3. The van der Waals surface area contributed by atoms with Crippen molar-refractivity contribution >= 4 is 12.2 Å². The molecule has 1 atom stereocenters. The van der Waals surface area contributed by atoms with Gasteiger partial charge in [-0.3, -0.25) is 4.79 Å². The van der Waals surface area contributed by atoms with Gasteiger partial charge < -0.3 is 15.3 Å². The summed E-state index contributed by atoms with van der Waals surface area (Å²) in [4.78, 5) is 20.0. The van der Waals surface area contributed by atoms with Crippen molar-refractivity contribution in [2.24, 2.45) is 5.73 Å². The lowest BCUT2D eigenvalue weighted by Crippen LogP contribution is -2.30. The van der Waals surface area contributed by atoms with E-state index in [1.807, 2.05) is 0 Å². The highest BCUT2D eigenvalue weighted by Crippen LogP contribution is 1.90. The predicted octanol–water partition coefficient (Wildman–Crippen LogP) is -0.924. The van der Waals surface area contributed by atoms with E-state index in [0.29, 0.717) is 6.29 Å². The fourth-order valence-corrected chi connectivity index (χ4v) is 0.416. The molecule has 52 valence electrons. The summed E-state index contributed by atoms with van der Waals surface area (Å²) in [5.41, 5.74) is 4.81. The van der Waals surface area contributed by atoms with Gasteiger partial charge in [-0.25, -0.2) is 0 Å². The number of hydrogen-bond donors (Lipinski definition) is 1. The summed E-state index contributed by atoms with van der Waals surface area (Å²) in [6.45, 7) is 0. The third-order valence-corrected chi connectivity index (χ3v) is 0.912. The largest absolute Gasteiger partial charge is 0.371 e. The maximum atomic E-state index is 10.3. The number of rotatable bonds is 4. The van der Waals surface area contributed by atoms with Crippen LogP contribution in [-0.4, -0.2) is 25.4 Å². The molecule has 0 aliphatic carbocycles. The zero-order valence-electron chi connectivity index (χ0n) is 5.16. The van der Waals surface area contributed by atoms with Gasteiger partial charge >= 0.3 is 0 Å². The predicted molar refractivity (Wildman–Crippen MR) is 30.7 cm³/mol. The molecule has 0 bridgehead atoms. The Bertz CT molecular complexity index is 113. The van der Waals surface area contributed by atoms with Crippen LogP contribution in [0.15, 0.2) is 0 Å². The molecule has 0 saturated carbocycles. The van der Waals surface area contributed by atoms with Crippen molar-refractivity contribution in [3.8, 4) is 0 Å². The second-order valence-corrected chi connectivity index (χ2v) is 1.53. The van der Waals surface area contributed by atoms with Crippen molar-refractivity contribution < 1.29 is 14.3 Å².